The molecule has 4 nitrogen and oxygen atoms in total. The van der Waals surface area contributed by atoms with Gasteiger partial charge < -0.3 is 15.2 Å². The molecule has 1 saturated heterocycles. The Morgan fingerprint density at radius 3 is 2.82 bits per heavy atom. The second-order valence-electron chi connectivity index (χ2n) is 3.98. The Morgan fingerprint density at radius 1 is 1.35 bits per heavy atom. The zero-order valence-electron chi connectivity index (χ0n) is 9.69. The molecule has 17 heavy (non-hydrogen) atoms. The van der Waals surface area contributed by atoms with Gasteiger partial charge >= 0.3 is 0 Å². The summed E-state index contributed by atoms with van der Waals surface area (Å²) >= 11 is 3.37. The van der Waals surface area contributed by atoms with Crippen LogP contribution in [0.3, 0.4) is 0 Å². The van der Waals surface area contributed by atoms with Crippen molar-refractivity contribution in [2.24, 2.45) is 0 Å². The van der Waals surface area contributed by atoms with Gasteiger partial charge in [-0.3, -0.25) is 4.90 Å². The van der Waals surface area contributed by atoms with Crippen molar-refractivity contribution >= 4 is 21.6 Å². The number of hydrogen-bond donors (Lipinski definition) is 1. The summed E-state index contributed by atoms with van der Waals surface area (Å²) in [6, 6.07) is 5.67. The molecule has 1 aromatic rings. The Bertz CT molecular complexity index is 368. The van der Waals surface area contributed by atoms with Gasteiger partial charge in [0.25, 0.3) is 0 Å². The van der Waals surface area contributed by atoms with E-state index in [-0.39, 0.29) is 0 Å². The van der Waals surface area contributed by atoms with E-state index in [2.05, 4.69) is 20.8 Å². The fourth-order valence-corrected chi connectivity index (χ4v) is 2.14. The summed E-state index contributed by atoms with van der Waals surface area (Å²) in [4.78, 5) is 2.33. The molecule has 5 heteroatoms. The minimum Gasteiger partial charge on any atom is -0.490 e. The summed E-state index contributed by atoms with van der Waals surface area (Å²) in [5.41, 5.74) is 6.52. The highest BCUT2D eigenvalue weighted by molar-refractivity contribution is 9.10. The van der Waals surface area contributed by atoms with Gasteiger partial charge in [0.2, 0.25) is 0 Å². The number of benzene rings is 1. The molecule has 2 rings (SSSR count). The first-order valence-electron chi connectivity index (χ1n) is 5.73. The maximum absolute atomic E-state index is 5.85. The first-order valence-corrected chi connectivity index (χ1v) is 6.53. The summed E-state index contributed by atoms with van der Waals surface area (Å²) in [6.45, 7) is 5.18. The molecular weight excluding hydrogens is 284 g/mol. The van der Waals surface area contributed by atoms with Crippen molar-refractivity contribution in [1.82, 2.24) is 4.90 Å². The van der Waals surface area contributed by atoms with Crippen LogP contribution >= 0.6 is 15.9 Å². The minimum atomic E-state index is 0.659. The van der Waals surface area contributed by atoms with Crippen LogP contribution in [0.15, 0.2) is 22.7 Å². The number of nitrogens with two attached hydrogens (primary N) is 1. The van der Waals surface area contributed by atoms with Gasteiger partial charge in [0.05, 0.1) is 18.9 Å². The molecule has 0 spiro atoms. The smallest absolute Gasteiger partial charge is 0.142 e. The van der Waals surface area contributed by atoms with E-state index in [1.165, 1.54) is 0 Å². The summed E-state index contributed by atoms with van der Waals surface area (Å²) in [5.74, 6) is 0.751. The van der Waals surface area contributed by atoms with Crippen LogP contribution in [-0.4, -0.2) is 44.4 Å². The fourth-order valence-electron chi connectivity index (χ4n) is 1.76. The van der Waals surface area contributed by atoms with Gasteiger partial charge in [0, 0.05) is 24.1 Å². The summed E-state index contributed by atoms with van der Waals surface area (Å²) in [6.07, 6.45) is 0. The third-order valence-corrected chi connectivity index (χ3v) is 3.23. The van der Waals surface area contributed by atoms with E-state index in [0.29, 0.717) is 12.3 Å². The van der Waals surface area contributed by atoms with Crippen LogP contribution in [0, 0.1) is 0 Å². The highest BCUT2D eigenvalue weighted by Crippen LogP contribution is 2.25. The molecule has 94 valence electrons. The Balaban J connectivity index is 1.77. The first kappa shape index (κ1) is 12.7. The van der Waals surface area contributed by atoms with Crippen molar-refractivity contribution < 1.29 is 9.47 Å². The summed E-state index contributed by atoms with van der Waals surface area (Å²) in [7, 11) is 0. The van der Waals surface area contributed by atoms with Gasteiger partial charge in [-0.1, -0.05) is 15.9 Å². The lowest BCUT2D eigenvalue weighted by Crippen LogP contribution is -2.38. The molecule has 1 aliphatic rings. The molecule has 0 bridgehead atoms. The molecule has 0 atom stereocenters. The maximum Gasteiger partial charge on any atom is 0.142 e. The Labute approximate surface area is 110 Å². The molecule has 0 amide bonds. The van der Waals surface area contributed by atoms with Gasteiger partial charge in [-0.25, -0.2) is 0 Å². The van der Waals surface area contributed by atoms with Gasteiger partial charge in [0.15, 0.2) is 0 Å². The number of nitrogens with zero attached hydrogens (tertiary/aromatic N) is 1. The Morgan fingerprint density at radius 2 is 2.12 bits per heavy atom. The third-order valence-electron chi connectivity index (χ3n) is 2.74. The van der Waals surface area contributed by atoms with Crippen molar-refractivity contribution in [1.29, 1.82) is 0 Å². The zero-order valence-corrected chi connectivity index (χ0v) is 11.3. The number of morpholine rings is 1. The van der Waals surface area contributed by atoms with E-state index in [1.807, 2.05) is 18.2 Å². The Hall–Kier alpha value is -0.780. The highest BCUT2D eigenvalue weighted by Gasteiger charge is 2.10. The maximum atomic E-state index is 5.85. The minimum absolute atomic E-state index is 0.659. The lowest BCUT2D eigenvalue weighted by Gasteiger charge is -2.26. The average molecular weight is 301 g/mol. The molecule has 1 aliphatic heterocycles. The number of nitrogen functional groups attached to an aromatic ring is 1. The average Bonchev–Trinajstić information content (AvgIpc) is 2.33. The van der Waals surface area contributed by atoms with Crippen LogP contribution in [0.4, 0.5) is 5.69 Å². The number of ether oxygens (including phenoxy) is 2. The summed E-state index contributed by atoms with van der Waals surface area (Å²) in [5, 5.41) is 0. The first-order chi connectivity index (χ1) is 8.25. The van der Waals surface area contributed by atoms with Crippen LogP contribution in [0.1, 0.15) is 0 Å². The van der Waals surface area contributed by atoms with Crippen LogP contribution in [0.5, 0.6) is 5.75 Å². The second kappa shape index (κ2) is 6.23. The van der Waals surface area contributed by atoms with Crippen LogP contribution in [0.25, 0.3) is 0 Å². The van der Waals surface area contributed by atoms with E-state index >= 15 is 0 Å². The van der Waals surface area contributed by atoms with Crippen molar-refractivity contribution in [3.8, 4) is 5.75 Å². The van der Waals surface area contributed by atoms with Crippen LogP contribution in [-0.2, 0) is 4.74 Å². The predicted octanol–water partition coefficient (Wildman–Crippen LogP) is 1.74. The Kier molecular flexibility index (Phi) is 4.65. The van der Waals surface area contributed by atoms with Crippen molar-refractivity contribution in [3.05, 3.63) is 22.7 Å². The SMILES string of the molecule is Nc1cc(Br)ccc1OCCN1CCOCC1. The van der Waals surface area contributed by atoms with Gasteiger partial charge in [-0.2, -0.15) is 0 Å². The monoisotopic (exact) mass is 300 g/mol. The molecule has 0 aliphatic carbocycles. The number of halogens is 1. The van der Waals surface area contributed by atoms with E-state index in [0.717, 1.165) is 43.1 Å². The van der Waals surface area contributed by atoms with Gasteiger partial charge in [0.1, 0.15) is 12.4 Å². The van der Waals surface area contributed by atoms with E-state index in [9.17, 15) is 0 Å². The molecule has 0 aromatic heterocycles. The lowest BCUT2D eigenvalue weighted by atomic mass is 10.3. The molecule has 0 saturated carbocycles. The third kappa shape index (κ3) is 3.87. The summed E-state index contributed by atoms with van der Waals surface area (Å²) < 4.78 is 11.9. The normalized spacial score (nSPS) is 17.0. The highest BCUT2D eigenvalue weighted by atomic mass is 79.9. The number of anilines is 1. The molecule has 0 unspecified atom stereocenters. The lowest BCUT2D eigenvalue weighted by molar-refractivity contribution is 0.0323. The predicted molar refractivity (Wildman–Crippen MR) is 71.3 cm³/mol. The molecule has 1 fully saturated rings. The van der Waals surface area contributed by atoms with Gasteiger partial charge in [-0.15, -0.1) is 0 Å². The largest absolute Gasteiger partial charge is 0.490 e. The standard InChI is InChI=1S/C12H17BrN2O2/c13-10-1-2-12(11(14)9-10)17-8-5-15-3-6-16-7-4-15/h1-2,9H,3-8,14H2. The van der Waals surface area contributed by atoms with Gasteiger partial charge in [-0.05, 0) is 18.2 Å². The van der Waals surface area contributed by atoms with Crippen LogP contribution in [0.2, 0.25) is 0 Å². The van der Waals surface area contributed by atoms with Crippen molar-refractivity contribution in [2.45, 2.75) is 0 Å². The molecule has 0 radical (unpaired) electrons. The number of rotatable bonds is 4. The molecular formula is C12H17BrN2O2. The van der Waals surface area contributed by atoms with E-state index in [1.54, 1.807) is 0 Å². The molecule has 2 N–H and O–H groups in total. The topological polar surface area (TPSA) is 47.7 Å². The number of hydrogen-bond acceptors (Lipinski definition) is 4. The van der Waals surface area contributed by atoms with Crippen LogP contribution < -0.4 is 10.5 Å². The molecule has 1 aromatic carbocycles. The zero-order chi connectivity index (χ0) is 12.1. The van der Waals surface area contributed by atoms with Crippen molar-refractivity contribution in [2.75, 3.05) is 45.2 Å². The van der Waals surface area contributed by atoms with Crippen molar-refractivity contribution in [3.63, 3.8) is 0 Å². The fraction of sp³-hybridized carbons (Fsp3) is 0.500. The van der Waals surface area contributed by atoms with E-state index in [4.69, 9.17) is 15.2 Å². The van der Waals surface area contributed by atoms with E-state index < -0.39 is 0 Å². The quantitative estimate of drug-likeness (QED) is 0.861. The second-order valence-corrected chi connectivity index (χ2v) is 4.90. The molecule has 1 heterocycles.